The summed E-state index contributed by atoms with van der Waals surface area (Å²) in [6.07, 6.45) is 0. The highest BCUT2D eigenvalue weighted by atomic mass is 15.3. The van der Waals surface area contributed by atoms with Crippen LogP contribution in [0.3, 0.4) is 0 Å². The lowest BCUT2D eigenvalue weighted by atomic mass is 10.0. The smallest absolute Gasteiger partial charge is 0.150 e. The molecule has 0 radical (unpaired) electrons. The number of rotatable bonds is 1. The van der Waals surface area contributed by atoms with Crippen LogP contribution in [-0.4, -0.2) is 51.6 Å². The molecule has 6 nitrogen and oxygen atoms in total. The molecule has 1 aliphatic rings. The van der Waals surface area contributed by atoms with E-state index in [0.717, 1.165) is 53.9 Å². The molecule has 0 aliphatic carbocycles. The second-order valence-corrected chi connectivity index (χ2v) is 7.89. The fourth-order valence-corrected chi connectivity index (χ4v) is 3.70. The Kier molecular flexibility index (Phi) is 3.61. The lowest BCUT2D eigenvalue weighted by Crippen LogP contribution is -2.53. The van der Waals surface area contributed by atoms with Crippen LogP contribution in [-0.2, 0) is 0 Å². The largest absolute Gasteiger partial charge is 0.382 e. The Labute approximate surface area is 148 Å². The second-order valence-electron chi connectivity index (χ2n) is 7.89. The van der Waals surface area contributed by atoms with Gasteiger partial charge < -0.3 is 15.6 Å². The molecule has 1 saturated heterocycles. The van der Waals surface area contributed by atoms with E-state index in [1.54, 1.807) is 0 Å². The first-order chi connectivity index (χ1) is 11.8. The minimum Gasteiger partial charge on any atom is -0.382 e. The fourth-order valence-electron chi connectivity index (χ4n) is 3.70. The van der Waals surface area contributed by atoms with Crippen LogP contribution in [0, 0.1) is 6.92 Å². The number of aryl methyl sites for hydroxylation is 1. The van der Waals surface area contributed by atoms with Gasteiger partial charge in [-0.3, -0.25) is 4.90 Å². The number of nitrogens with zero attached hydrogens (tertiary/aromatic N) is 4. The number of nitrogens with one attached hydrogen (secondary N) is 1. The van der Waals surface area contributed by atoms with Crippen LogP contribution < -0.4 is 10.6 Å². The van der Waals surface area contributed by atoms with Crippen molar-refractivity contribution in [2.75, 3.05) is 36.8 Å². The highest BCUT2D eigenvalue weighted by molar-refractivity contribution is 6.06. The maximum atomic E-state index is 6.13. The van der Waals surface area contributed by atoms with Gasteiger partial charge in [0.05, 0.1) is 5.52 Å². The first-order valence-corrected chi connectivity index (χ1v) is 8.88. The standard InChI is InChI=1S/C19H26N6/c1-12-21-16-14-6-5-13(11-15(14)23-18(20)17(16)22-12)24-7-9-25(10-8-24)19(2,3)4/h5-6,11H,7-10H2,1-4H3,(H2,20,23)(H,21,22). The number of hydrogen-bond acceptors (Lipinski definition) is 5. The van der Waals surface area contributed by atoms with Gasteiger partial charge in [-0.25, -0.2) is 9.97 Å². The summed E-state index contributed by atoms with van der Waals surface area (Å²) in [7, 11) is 0. The van der Waals surface area contributed by atoms with Gasteiger partial charge in [0.25, 0.3) is 0 Å². The zero-order chi connectivity index (χ0) is 17.8. The number of piperazine rings is 1. The number of nitrogens with two attached hydrogens (primary N) is 1. The highest BCUT2D eigenvalue weighted by Crippen LogP contribution is 2.30. The summed E-state index contributed by atoms with van der Waals surface area (Å²) in [5.41, 5.74) is 10.2. The quantitative estimate of drug-likeness (QED) is 0.714. The number of pyridine rings is 1. The molecule has 6 heteroatoms. The number of fused-ring (bicyclic) bond motifs is 3. The monoisotopic (exact) mass is 338 g/mol. The summed E-state index contributed by atoms with van der Waals surface area (Å²) >= 11 is 0. The molecular formula is C19H26N6. The van der Waals surface area contributed by atoms with Crippen LogP contribution in [0.1, 0.15) is 26.6 Å². The number of aromatic nitrogens is 3. The molecule has 0 unspecified atom stereocenters. The lowest BCUT2D eigenvalue weighted by Gasteiger charge is -2.43. The summed E-state index contributed by atoms with van der Waals surface area (Å²) in [5.74, 6) is 1.37. The van der Waals surface area contributed by atoms with E-state index in [0.29, 0.717) is 5.82 Å². The molecule has 4 rings (SSSR count). The molecule has 0 amide bonds. The van der Waals surface area contributed by atoms with Crippen molar-refractivity contribution in [1.29, 1.82) is 0 Å². The maximum absolute atomic E-state index is 6.13. The number of anilines is 2. The molecule has 3 aromatic rings. The summed E-state index contributed by atoms with van der Waals surface area (Å²) < 4.78 is 0. The summed E-state index contributed by atoms with van der Waals surface area (Å²) in [5, 5.41) is 1.05. The number of aromatic amines is 1. The van der Waals surface area contributed by atoms with E-state index in [1.165, 1.54) is 5.69 Å². The average molecular weight is 338 g/mol. The van der Waals surface area contributed by atoms with Crippen LogP contribution >= 0.6 is 0 Å². The third-order valence-electron chi connectivity index (χ3n) is 5.15. The average Bonchev–Trinajstić information content (AvgIpc) is 2.96. The normalized spacial score (nSPS) is 16.9. The van der Waals surface area contributed by atoms with E-state index < -0.39 is 0 Å². The Hall–Kier alpha value is -2.34. The Morgan fingerprint density at radius 2 is 1.80 bits per heavy atom. The molecule has 3 heterocycles. The first kappa shape index (κ1) is 16.1. The number of imidazole rings is 1. The van der Waals surface area contributed by atoms with E-state index in [2.05, 4.69) is 63.7 Å². The van der Waals surface area contributed by atoms with E-state index >= 15 is 0 Å². The number of hydrogen-bond donors (Lipinski definition) is 2. The van der Waals surface area contributed by atoms with Gasteiger partial charge in [-0.05, 0) is 45.9 Å². The van der Waals surface area contributed by atoms with Crippen molar-refractivity contribution in [2.45, 2.75) is 33.2 Å². The number of H-pyrrole nitrogens is 1. The fraction of sp³-hybridized carbons (Fsp3) is 0.474. The minimum atomic E-state index is 0.231. The van der Waals surface area contributed by atoms with Gasteiger partial charge in [-0.2, -0.15) is 0 Å². The van der Waals surface area contributed by atoms with Crippen molar-refractivity contribution < 1.29 is 0 Å². The van der Waals surface area contributed by atoms with Gasteiger partial charge in [-0.1, -0.05) is 0 Å². The Morgan fingerprint density at radius 1 is 1.08 bits per heavy atom. The molecule has 3 N–H and O–H groups in total. The van der Waals surface area contributed by atoms with Crippen molar-refractivity contribution in [2.24, 2.45) is 0 Å². The Bertz CT molecular complexity index is 928. The first-order valence-electron chi connectivity index (χ1n) is 8.88. The van der Waals surface area contributed by atoms with Crippen molar-refractivity contribution in [1.82, 2.24) is 19.9 Å². The maximum Gasteiger partial charge on any atom is 0.150 e. The number of nitrogen functional groups attached to an aromatic ring is 1. The van der Waals surface area contributed by atoms with Crippen LogP contribution in [0.2, 0.25) is 0 Å². The molecular weight excluding hydrogens is 312 g/mol. The van der Waals surface area contributed by atoms with Crippen molar-refractivity contribution in [3.63, 3.8) is 0 Å². The molecule has 1 aliphatic heterocycles. The van der Waals surface area contributed by atoms with Gasteiger partial charge in [0.1, 0.15) is 22.7 Å². The van der Waals surface area contributed by atoms with Crippen molar-refractivity contribution >= 4 is 33.4 Å². The molecule has 2 aromatic heterocycles. The molecule has 0 spiro atoms. The van der Waals surface area contributed by atoms with Gasteiger partial charge in [0, 0.05) is 42.8 Å². The van der Waals surface area contributed by atoms with Gasteiger partial charge in [0.2, 0.25) is 0 Å². The van der Waals surface area contributed by atoms with Crippen LogP contribution in [0.5, 0.6) is 0 Å². The summed E-state index contributed by atoms with van der Waals surface area (Å²) in [6, 6.07) is 6.44. The van der Waals surface area contributed by atoms with E-state index in [-0.39, 0.29) is 5.54 Å². The molecule has 0 saturated carbocycles. The van der Waals surface area contributed by atoms with Crippen LogP contribution in [0.4, 0.5) is 11.5 Å². The molecule has 0 bridgehead atoms. The summed E-state index contributed by atoms with van der Waals surface area (Å²) in [4.78, 5) is 17.4. The lowest BCUT2D eigenvalue weighted by molar-refractivity contribution is 0.128. The zero-order valence-electron chi connectivity index (χ0n) is 15.4. The van der Waals surface area contributed by atoms with E-state index in [9.17, 15) is 0 Å². The molecule has 25 heavy (non-hydrogen) atoms. The van der Waals surface area contributed by atoms with Gasteiger partial charge >= 0.3 is 0 Å². The highest BCUT2D eigenvalue weighted by Gasteiger charge is 2.26. The third-order valence-corrected chi connectivity index (χ3v) is 5.15. The topological polar surface area (TPSA) is 74.1 Å². The van der Waals surface area contributed by atoms with E-state index in [1.807, 2.05) is 6.92 Å². The Balaban J connectivity index is 1.67. The number of benzene rings is 1. The van der Waals surface area contributed by atoms with Crippen LogP contribution in [0.15, 0.2) is 18.2 Å². The van der Waals surface area contributed by atoms with E-state index in [4.69, 9.17) is 5.73 Å². The molecule has 132 valence electrons. The SMILES string of the molecule is Cc1nc2c([nH]1)c(N)nc1cc(N3CCN(C(C)(C)C)CC3)ccc12. The summed E-state index contributed by atoms with van der Waals surface area (Å²) in [6.45, 7) is 13.0. The second kappa shape index (κ2) is 5.59. The molecule has 1 aromatic carbocycles. The molecule has 0 atom stereocenters. The molecule has 1 fully saturated rings. The Morgan fingerprint density at radius 3 is 2.48 bits per heavy atom. The third kappa shape index (κ3) is 2.80. The minimum absolute atomic E-state index is 0.231. The zero-order valence-corrected chi connectivity index (χ0v) is 15.4. The van der Waals surface area contributed by atoms with Crippen molar-refractivity contribution in [3.8, 4) is 0 Å². The predicted octanol–water partition coefficient (Wildman–Crippen LogP) is 2.92. The predicted molar refractivity (Wildman–Crippen MR) is 104 cm³/mol. The van der Waals surface area contributed by atoms with Crippen LogP contribution in [0.25, 0.3) is 21.9 Å². The van der Waals surface area contributed by atoms with Gasteiger partial charge in [-0.15, -0.1) is 0 Å². The van der Waals surface area contributed by atoms with Crippen molar-refractivity contribution in [3.05, 3.63) is 24.0 Å². The van der Waals surface area contributed by atoms with Gasteiger partial charge in [0.15, 0.2) is 0 Å².